The van der Waals surface area contributed by atoms with Crippen LogP contribution in [0.3, 0.4) is 0 Å². The first kappa shape index (κ1) is 39.3. The molecule has 0 N–H and O–H groups in total. The highest BCUT2D eigenvalue weighted by Crippen LogP contribution is 2.49. The summed E-state index contributed by atoms with van der Waals surface area (Å²) in [7, 11) is 0. The first-order chi connectivity index (χ1) is 22.1. The van der Waals surface area contributed by atoms with Crippen molar-refractivity contribution in [2.75, 3.05) is 26.4 Å². The molecule has 47 heavy (non-hydrogen) atoms. The van der Waals surface area contributed by atoms with Gasteiger partial charge < -0.3 is 18.9 Å². The molecule has 8 atom stereocenters. The lowest BCUT2D eigenvalue weighted by molar-refractivity contribution is -0.165. The number of hydrogen-bond acceptors (Lipinski definition) is 8. The summed E-state index contributed by atoms with van der Waals surface area (Å²) in [6, 6.07) is 0. The molecule has 0 radical (unpaired) electrons. The van der Waals surface area contributed by atoms with Gasteiger partial charge in [0, 0.05) is 0 Å². The van der Waals surface area contributed by atoms with Crippen LogP contribution in [0.1, 0.15) is 133 Å². The van der Waals surface area contributed by atoms with E-state index < -0.39 is 10.8 Å². The SMILES string of the molecule is CC(C)CC(C)(C(=O)OCCOC(=O)C1CCCC(CC(C)C(C)(CC(C)C)C(=O)OCCOC(=O)C2CC3CCC2C3)C1)C(C)C. The van der Waals surface area contributed by atoms with Crippen molar-refractivity contribution < 1.29 is 38.1 Å². The van der Waals surface area contributed by atoms with Gasteiger partial charge in [-0.2, -0.15) is 0 Å². The van der Waals surface area contributed by atoms with Crippen LogP contribution in [0.5, 0.6) is 0 Å². The number of rotatable bonds is 18. The second-order valence-corrected chi connectivity index (χ2v) is 16.9. The van der Waals surface area contributed by atoms with Crippen LogP contribution in [0.4, 0.5) is 0 Å². The molecular weight excluding hydrogens is 596 g/mol. The van der Waals surface area contributed by atoms with E-state index in [1.807, 2.05) is 27.7 Å². The van der Waals surface area contributed by atoms with Crippen LogP contribution in [0.25, 0.3) is 0 Å². The average molecular weight is 663 g/mol. The van der Waals surface area contributed by atoms with Crippen molar-refractivity contribution >= 4 is 23.9 Å². The topological polar surface area (TPSA) is 105 Å². The van der Waals surface area contributed by atoms with Crippen molar-refractivity contribution in [1.82, 2.24) is 0 Å². The van der Waals surface area contributed by atoms with Crippen LogP contribution in [-0.2, 0) is 38.1 Å². The third-order valence-corrected chi connectivity index (χ3v) is 11.9. The molecule has 3 fully saturated rings. The Morgan fingerprint density at radius 2 is 1.19 bits per heavy atom. The van der Waals surface area contributed by atoms with Crippen molar-refractivity contribution in [2.45, 2.75) is 133 Å². The van der Waals surface area contributed by atoms with Crippen molar-refractivity contribution in [3.05, 3.63) is 0 Å². The van der Waals surface area contributed by atoms with Gasteiger partial charge in [0.15, 0.2) is 0 Å². The van der Waals surface area contributed by atoms with Gasteiger partial charge in [0.05, 0.1) is 22.7 Å². The largest absolute Gasteiger partial charge is 0.462 e. The zero-order valence-electron chi connectivity index (χ0n) is 31.1. The first-order valence-corrected chi connectivity index (χ1v) is 18.7. The molecule has 0 aromatic heterocycles. The molecule has 0 spiro atoms. The molecule has 3 aliphatic rings. The first-order valence-electron chi connectivity index (χ1n) is 18.7. The van der Waals surface area contributed by atoms with E-state index >= 15 is 0 Å². The van der Waals surface area contributed by atoms with Gasteiger partial charge in [-0.3, -0.25) is 19.2 Å². The summed E-state index contributed by atoms with van der Waals surface area (Å²) in [4.78, 5) is 52.0. The highest BCUT2D eigenvalue weighted by Gasteiger charge is 2.45. The highest BCUT2D eigenvalue weighted by molar-refractivity contribution is 5.77. The molecule has 270 valence electrons. The fourth-order valence-corrected chi connectivity index (χ4v) is 8.86. The van der Waals surface area contributed by atoms with E-state index in [1.54, 1.807) is 0 Å². The molecule has 3 saturated carbocycles. The molecule has 0 heterocycles. The minimum atomic E-state index is -0.680. The summed E-state index contributed by atoms with van der Waals surface area (Å²) in [6.07, 6.45) is 10.2. The zero-order valence-corrected chi connectivity index (χ0v) is 31.1. The van der Waals surface area contributed by atoms with Gasteiger partial charge in [0.25, 0.3) is 0 Å². The van der Waals surface area contributed by atoms with Crippen molar-refractivity contribution in [3.8, 4) is 0 Å². The Kier molecular flexibility index (Phi) is 14.6. The summed E-state index contributed by atoms with van der Waals surface area (Å²) in [5.41, 5.74) is -1.25. The second-order valence-electron chi connectivity index (χ2n) is 16.9. The Morgan fingerprint density at radius 3 is 1.72 bits per heavy atom. The number of fused-ring (bicyclic) bond motifs is 2. The third-order valence-electron chi connectivity index (χ3n) is 11.9. The monoisotopic (exact) mass is 662 g/mol. The van der Waals surface area contributed by atoms with Gasteiger partial charge in [0.1, 0.15) is 26.4 Å². The van der Waals surface area contributed by atoms with E-state index in [4.69, 9.17) is 18.9 Å². The Bertz CT molecular complexity index is 1050. The molecule has 0 saturated heterocycles. The van der Waals surface area contributed by atoms with Crippen molar-refractivity contribution in [2.24, 2.45) is 64.1 Å². The summed E-state index contributed by atoms with van der Waals surface area (Å²) in [5.74, 6) is 1.32. The average Bonchev–Trinajstić information content (AvgIpc) is 3.64. The fourth-order valence-electron chi connectivity index (χ4n) is 8.86. The van der Waals surface area contributed by atoms with Crippen LogP contribution in [0, 0.1) is 64.1 Å². The Balaban J connectivity index is 1.44. The molecule has 0 aromatic carbocycles. The molecule has 3 aliphatic carbocycles. The van der Waals surface area contributed by atoms with E-state index in [0.29, 0.717) is 36.0 Å². The maximum Gasteiger partial charge on any atom is 0.312 e. The summed E-state index contributed by atoms with van der Waals surface area (Å²) < 4.78 is 22.4. The normalized spacial score (nSPS) is 27.3. The predicted molar refractivity (Wildman–Crippen MR) is 182 cm³/mol. The van der Waals surface area contributed by atoms with E-state index in [0.717, 1.165) is 57.8 Å². The van der Waals surface area contributed by atoms with Gasteiger partial charge in [-0.1, -0.05) is 67.7 Å². The third kappa shape index (κ3) is 10.7. The number of hydrogen-bond donors (Lipinski definition) is 0. The lowest BCUT2D eigenvalue weighted by Crippen LogP contribution is -2.39. The minimum absolute atomic E-state index is 0.0189. The maximum atomic E-state index is 13.5. The lowest BCUT2D eigenvalue weighted by atomic mass is 9.67. The molecule has 8 unspecified atom stereocenters. The maximum absolute atomic E-state index is 13.5. The van der Waals surface area contributed by atoms with E-state index in [1.165, 1.54) is 6.42 Å². The lowest BCUT2D eigenvalue weighted by Gasteiger charge is -2.38. The standard InChI is InChI=1S/C39H66O8/c1-25(2)23-38(8,27(5)6)36(42)46-17-15-44-34(40)32-12-10-11-29(21-32)19-28(7)39(9,24-26(3)4)37(43)47-18-16-45-35(41)33-22-30-13-14-31(33)20-30/h25-33H,10-24H2,1-9H3. The quantitative estimate of drug-likeness (QED) is 0.0822. The fraction of sp³-hybridized carbons (Fsp3) is 0.897. The molecule has 0 aliphatic heterocycles. The Morgan fingerprint density at radius 1 is 0.638 bits per heavy atom. The van der Waals surface area contributed by atoms with E-state index in [-0.39, 0.29) is 74.0 Å². The predicted octanol–water partition coefficient (Wildman–Crippen LogP) is 8.19. The summed E-state index contributed by atoms with van der Waals surface area (Å²) in [6.45, 7) is 18.9. The Labute approximate surface area is 285 Å². The van der Waals surface area contributed by atoms with Gasteiger partial charge in [-0.15, -0.1) is 0 Å². The van der Waals surface area contributed by atoms with Gasteiger partial charge >= 0.3 is 23.9 Å². The van der Waals surface area contributed by atoms with Crippen molar-refractivity contribution in [3.63, 3.8) is 0 Å². The van der Waals surface area contributed by atoms with Crippen LogP contribution in [-0.4, -0.2) is 50.3 Å². The summed E-state index contributed by atoms with van der Waals surface area (Å²) >= 11 is 0. The minimum Gasteiger partial charge on any atom is -0.462 e. The summed E-state index contributed by atoms with van der Waals surface area (Å²) in [5, 5.41) is 0. The second kappa shape index (κ2) is 17.5. The smallest absolute Gasteiger partial charge is 0.312 e. The van der Waals surface area contributed by atoms with Gasteiger partial charge in [-0.05, 0) is 107 Å². The van der Waals surface area contributed by atoms with Crippen LogP contribution < -0.4 is 0 Å². The highest BCUT2D eigenvalue weighted by atomic mass is 16.6. The van der Waals surface area contributed by atoms with Gasteiger partial charge in [0.2, 0.25) is 0 Å². The molecular formula is C39H66O8. The molecule has 8 nitrogen and oxygen atoms in total. The number of carbonyl (C=O) groups is 4. The molecule has 0 aromatic rings. The van der Waals surface area contributed by atoms with Crippen LogP contribution in [0.15, 0.2) is 0 Å². The van der Waals surface area contributed by atoms with Gasteiger partial charge in [-0.25, -0.2) is 0 Å². The van der Waals surface area contributed by atoms with E-state index in [9.17, 15) is 19.2 Å². The number of esters is 4. The van der Waals surface area contributed by atoms with Crippen LogP contribution >= 0.6 is 0 Å². The zero-order chi connectivity index (χ0) is 34.9. The van der Waals surface area contributed by atoms with E-state index in [2.05, 4.69) is 34.6 Å². The molecule has 8 heteroatoms. The molecule has 3 rings (SSSR count). The molecule has 0 amide bonds. The number of ether oxygens (including phenoxy) is 4. The molecule has 2 bridgehead atoms. The Hall–Kier alpha value is -2.12. The van der Waals surface area contributed by atoms with Crippen molar-refractivity contribution in [1.29, 1.82) is 0 Å². The number of carbonyl (C=O) groups excluding carboxylic acids is 4. The van der Waals surface area contributed by atoms with Crippen LogP contribution in [0.2, 0.25) is 0 Å².